The quantitative estimate of drug-likeness (QED) is 0.652. The molecule has 0 bridgehead atoms. The maximum atomic E-state index is 10.3. The van der Waals surface area contributed by atoms with Crippen molar-refractivity contribution in [3.05, 3.63) is 17.5 Å². The van der Waals surface area contributed by atoms with E-state index in [1.165, 1.54) is 0 Å². The molecule has 1 fully saturated rings. The van der Waals surface area contributed by atoms with Crippen molar-refractivity contribution in [1.29, 1.82) is 0 Å². The number of nitrogens with zero attached hydrogens (tertiary/aromatic N) is 1. The zero-order chi connectivity index (χ0) is 8.39. The number of hydrogen-bond donors (Lipinski definition) is 1. The first-order chi connectivity index (χ1) is 5.90. The number of nitrogens with one attached hydrogen (secondary N) is 1. The third kappa shape index (κ3) is 1.25. The molecule has 1 aromatic rings. The van der Waals surface area contributed by atoms with E-state index in [0.29, 0.717) is 17.9 Å². The summed E-state index contributed by atoms with van der Waals surface area (Å²) in [6.45, 7) is 1.94. The molecule has 1 N–H and O–H groups in total. The number of carbonyl (C=O) groups excluding carboxylic acids is 1. The molecule has 12 heavy (non-hydrogen) atoms. The molecule has 1 aromatic heterocycles. The number of carbonyl (C=O) groups is 1. The van der Waals surface area contributed by atoms with Gasteiger partial charge in [0.25, 0.3) is 0 Å². The first-order valence-corrected chi connectivity index (χ1v) is 4.02. The van der Waals surface area contributed by atoms with Gasteiger partial charge in [-0.2, -0.15) is 0 Å². The largest absolute Gasteiger partial charge is 0.360 e. The van der Waals surface area contributed by atoms with Crippen LogP contribution in [0.3, 0.4) is 0 Å². The Balaban J connectivity index is 2.16. The number of aromatic nitrogens is 1. The van der Waals surface area contributed by atoms with Crippen molar-refractivity contribution >= 4 is 6.29 Å². The Bertz CT molecular complexity index is 276. The molecular formula is C8H10N2O2. The Hall–Kier alpha value is -1.16. The minimum absolute atomic E-state index is 0.386. The van der Waals surface area contributed by atoms with Gasteiger partial charge in [-0.3, -0.25) is 4.79 Å². The predicted molar refractivity (Wildman–Crippen MR) is 42.1 cm³/mol. The molecule has 0 saturated carbocycles. The van der Waals surface area contributed by atoms with Crippen molar-refractivity contribution < 1.29 is 9.32 Å². The fraction of sp³-hybridized carbons (Fsp3) is 0.500. The molecule has 2 heterocycles. The molecule has 1 aliphatic rings. The van der Waals surface area contributed by atoms with E-state index in [4.69, 9.17) is 4.52 Å². The molecule has 64 valence electrons. The van der Waals surface area contributed by atoms with Gasteiger partial charge in [0.2, 0.25) is 0 Å². The Morgan fingerprint density at radius 2 is 2.67 bits per heavy atom. The molecule has 0 amide bonds. The maximum Gasteiger partial charge on any atom is 0.171 e. The molecule has 0 spiro atoms. The fourth-order valence-corrected chi connectivity index (χ4v) is 1.45. The standard InChI is InChI=1S/C8H10N2O2/c11-5-7-3-8(12-10-7)6-1-2-9-4-6/h3,5-6,9H,1-2,4H2. The Morgan fingerprint density at radius 3 is 3.25 bits per heavy atom. The van der Waals surface area contributed by atoms with Gasteiger partial charge in [0.1, 0.15) is 11.5 Å². The second-order valence-electron chi connectivity index (χ2n) is 2.96. The molecule has 4 nitrogen and oxygen atoms in total. The molecule has 1 atom stereocenters. The molecule has 1 aliphatic heterocycles. The summed E-state index contributed by atoms with van der Waals surface area (Å²) in [5.74, 6) is 1.22. The van der Waals surface area contributed by atoms with E-state index in [-0.39, 0.29) is 0 Å². The zero-order valence-corrected chi connectivity index (χ0v) is 6.62. The second kappa shape index (κ2) is 3.06. The summed E-state index contributed by atoms with van der Waals surface area (Å²) in [4.78, 5) is 10.3. The first kappa shape index (κ1) is 7.49. The van der Waals surface area contributed by atoms with Crippen LogP contribution in [-0.4, -0.2) is 24.5 Å². The maximum absolute atomic E-state index is 10.3. The van der Waals surface area contributed by atoms with Gasteiger partial charge in [-0.05, 0) is 13.0 Å². The van der Waals surface area contributed by atoms with E-state index < -0.39 is 0 Å². The van der Waals surface area contributed by atoms with Crippen LogP contribution in [0, 0.1) is 0 Å². The van der Waals surface area contributed by atoms with Crippen molar-refractivity contribution in [2.45, 2.75) is 12.3 Å². The van der Waals surface area contributed by atoms with E-state index in [1.807, 2.05) is 0 Å². The van der Waals surface area contributed by atoms with Crippen molar-refractivity contribution in [3.8, 4) is 0 Å². The second-order valence-corrected chi connectivity index (χ2v) is 2.96. The van der Waals surface area contributed by atoms with E-state index in [1.54, 1.807) is 6.07 Å². The van der Waals surface area contributed by atoms with Crippen LogP contribution in [0.2, 0.25) is 0 Å². The molecule has 2 rings (SSSR count). The molecule has 1 unspecified atom stereocenters. The molecule has 0 radical (unpaired) electrons. The third-order valence-corrected chi connectivity index (χ3v) is 2.13. The average Bonchev–Trinajstić information content (AvgIpc) is 2.75. The Morgan fingerprint density at radius 1 is 1.75 bits per heavy atom. The van der Waals surface area contributed by atoms with Gasteiger partial charge in [-0.1, -0.05) is 5.16 Å². The highest BCUT2D eigenvalue weighted by molar-refractivity contribution is 5.71. The van der Waals surface area contributed by atoms with Gasteiger partial charge in [-0.25, -0.2) is 0 Å². The van der Waals surface area contributed by atoms with Gasteiger partial charge >= 0.3 is 0 Å². The minimum Gasteiger partial charge on any atom is -0.360 e. The van der Waals surface area contributed by atoms with E-state index in [9.17, 15) is 4.79 Å². The van der Waals surface area contributed by atoms with Crippen LogP contribution < -0.4 is 5.32 Å². The summed E-state index contributed by atoms with van der Waals surface area (Å²) in [5, 5.41) is 6.83. The van der Waals surface area contributed by atoms with Gasteiger partial charge < -0.3 is 9.84 Å². The summed E-state index contributed by atoms with van der Waals surface area (Å²) in [6, 6.07) is 1.71. The number of aldehydes is 1. The summed E-state index contributed by atoms with van der Waals surface area (Å²) in [5.41, 5.74) is 0.386. The summed E-state index contributed by atoms with van der Waals surface area (Å²) < 4.78 is 5.02. The van der Waals surface area contributed by atoms with Crippen molar-refractivity contribution in [1.82, 2.24) is 10.5 Å². The predicted octanol–water partition coefficient (Wildman–Crippen LogP) is 0.564. The van der Waals surface area contributed by atoms with Gasteiger partial charge in [0, 0.05) is 18.5 Å². The Labute approximate surface area is 69.9 Å². The average molecular weight is 166 g/mol. The highest BCUT2D eigenvalue weighted by Crippen LogP contribution is 2.22. The lowest BCUT2D eigenvalue weighted by Gasteiger charge is -1.99. The SMILES string of the molecule is O=Cc1cc(C2CCNC2)on1. The Kier molecular flexibility index (Phi) is 1.91. The van der Waals surface area contributed by atoms with E-state index >= 15 is 0 Å². The third-order valence-electron chi connectivity index (χ3n) is 2.13. The minimum atomic E-state index is 0.386. The van der Waals surface area contributed by atoms with Crippen LogP contribution in [0.4, 0.5) is 0 Å². The highest BCUT2D eigenvalue weighted by atomic mass is 16.5. The van der Waals surface area contributed by atoms with E-state index in [0.717, 1.165) is 25.3 Å². The number of hydrogen-bond acceptors (Lipinski definition) is 4. The smallest absolute Gasteiger partial charge is 0.171 e. The number of rotatable bonds is 2. The molecule has 0 aliphatic carbocycles. The lowest BCUT2D eigenvalue weighted by Crippen LogP contribution is -2.07. The van der Waals surface area contributed by atoms with Crippen molar-refractivity contribution in [2.24, 2.45) is 0 Å². The summed E-state index contributed by atoms with van der Waals surface area (Å²) in [7, 11) is 0. The van der Waals surface area contributed by atoms with Crippen LogP contribution in [0.1, 0.15) is 28.6 Å². The van der Waals surface area contributed by atoms with Gasteiger partial charge in [-0.15, -0.1) is 0 Å². The van der Waals surface area contributed by atoms with Crippen LogP contribution >= 0.6 is 0 Å². The lowest BCUT2D eigenvalue weighted by atomic mass is 10.1. The molecule has 1 saturated heterocycles. The first-order valence-electron chi connectivity index (χ1n) is 4.02. The lowest BCUT2D eigenvalue weighted by molar-refractivity contribution is 0.111. The van der Waals surface area contributed by atoms with Crippen LogP contribution in [0.25, 0.3) is 0 Å². The normalized spacial score (nSPS) is 22.8. The fourth-order valence-electron chi connectivity index (χ4n) is 1.45. The van der Waals surface area contributed by atoms with Crippen LogP contribution in [0.15, 0.2) is 10.6 Å². The highest BCUT2D eigenvalue weighted by Gasteiger charge is 2.20. The van der Waals surface area contributed by atoms with Crippen LogP contribution in [0.5, 0.6) is 0 Å². The molecule has 4 heteroatoms. The van der Waals surface area contributed by atoms with Gasteiger partial charge in [0.05, 0.1) is 0 Å². The van der Waals surface area contributed by atoms with Crippen molar-refractivity contribution in [3.63, 3.8) is 0 Å². The summed E-state index contributed by atoms with van der Waals surface area (Å²) in [6.07, 6.45) is 1.77. The van der Waals surface area contributed by atoms with Gasteiger partial charge in [0.15, 0.2) is 6.29 Å². The van der Waals surface area contributed by atoms with E-state index in [2.05, 4.69) is 10.5 Å². The zero-order valence-electron chi connectivity index (χ0n) is 6.62. The van der Waals surface area contributed by atoms with Crippen LogP contribution in [-0.2, 0) is 0 Å². The van der Waals surface area contributed by atoms with Crippen molar-refractivity contribution in [2.75, 3.05) is 13.1 Å². The topological polar surface area (TPSA) is 55.1 Å². The molecule has 0 aromatic carbocycles. The monoisotopic (exact) mass is 166 g/mol. The molecular weight excluding hydrogens is 156 g/mol. The summed E-state index contributed by atoms with van der Waals surface area (Å²) >= 11 is 0.